The molecule has 10 atom stereocenters. The zero-order valence-electron chi connectivity index (χ0n) is 16.7. The molecule has 1 aliphatic heterocycles. The Bertz CT molecular complexity index is 550. The van der Waals surface area contributed by atoms with E-state index in [9.17, 15) is 35.7 Å². The highest BCUT2D eigenvalue weighted by atomic mass is 16.7. The van der Waals surface area contributed by atoms with Gasteiger partial charge in [-0.2, -0.15) is 0 Å². The lowest BCUT2D eigenvalue weighted by Gasteiger charge is -2.54. The zero-order chi connectivity index (χ0) is 21.4. The minimum absolute atomic E-state index is 0.167. The quantitative estimate of drug-likeness (QED) is 0.263. The number of ether oxygens (including phenoxy) is 2. The van der Waals surface area contributed by atoms with Gasteiger partial charge in [-0.15, -0.1) is 0 Å². The van der Waals surface area contributed by atoms with Crippen molar-refractivity contribution in [3.05, 3.63) is 12.2 Å². The predicted molar refractivity (Wildman–Crippen MR) is 98.0 cm³/mol. The summed E-state index contributed by atoms with van der Waals surface area (Å²) in [5.41, 5.74) is -2.19. The molecule has 1 heterocycles. The fourth-order valence-electron chi connectivity index (χ4n) is 4.21. The van der Waals surface area contributed by atoms with Gasteiger partial charge in [-0.1, -0.05) is 32.9 Å². The van der Waals surface area contributed by atoms with Crippen LogP contribution in [0.15, 0.2) is 12.2 Å². The van der Waals surface area contributed by atoms with Crippen LogP contribution in [0.4, 0.5) is 0 Å². The van der Waals surface area contributed by atoms with E-state index in [2.05, 4.69) is 0 Å². The predicted octanol–water partition coefficient (Wildman–Crippen LogP) is -1.73. The lowest BCUT2D eigenvalue weighted by molar-refractivity contribution is -0.332. The summed E-state index contributed by atoms with van der Waals surface area (Å²) in [7, 11) is 0. The van der Waals surface area contributed by atoms with Gasteiger partial charge in [0, 0.05) is 11.3 Å². The standard InChI is InChI=1S/C19H34O9/c1-9(21)5-6-19(26)10(2)16(11(22)7-18(19,3)4)28-17-15(25)14(24)13(23)12(8-20)27-17/h5-6,9-17,20-26H,7-8H2,1-4H3. The van der Waals surface area contributed by atoms with Gasteiger partial charge in [-0.25, -0.2) is 0 Å². The van der Waals surface area contributed by atoms with Gasteiger partial charge in [-0.05, 0) is 13.3 Å². The Morgan fingerprint density at radius 3 is 2.29 bits per heavy atom. The van der Waals surface area contributed by atoms with Crippen LogP contribution in [0.5, 0.6) is 0 Å². The fourth-order valence-corrected chi connectivity index (χ4v) is 4.21. The van der Waals surface area contributed by atoms with E-state index in [0.717, 1.165) is 0 Å². The molecule has 0 spiro atoms. The Morgan fingerprint density at radius 2 is 1.75 bits per heavy atom. The molecule has 0 bridgehead atoms. The van der Waals surface area contributed by atoms with Crippen LogP contribution in [0.3, 0.4) is 0 Å². The number of rotatable bonds is 5. The van der Waals surface area contributed by atoms with Crippen molar-refractivity contribution in [2.75, 3.05) is 6.61 Å². The average Bonchev–Trinajstić information content (AvgIpc) is 2.61. The van der Waals surface area contributed by atoms with Gasteiger partial charge in [0.05, 0.1) is 30.5 Å². The number of hydrogen-bond acceptors (Lipinski definition) is 9. The zero-order valence-corrected chi connectivity index (χ0v) is 16.7. The summed E-state index contributed by atoms with van der Waals surface area (Å²) >= 11 is 0. The lowest BCUT2D eigenvalue weighted by Crippen LogP contribution is -2.64. The first-order valence-electron chi connectivity index (χ1n) is 9.59. The first-order chi connectivity index (χ1) is 12.9. The van der Waals surface area contributed by atoms with Crippen LogP contribution < -0.4 is 0 Å². The van der Waals surface area contributed by atoms with Crippen LogP contribution in [0.25, 0.3) is 0 Å². The molecule has 1 saturated carbocycles. The summed E-state index contributed by atoms with van der Waals surface area (Å²) in [6, 6.07) is 0. The molecule has 9 heteroatoms. The Balaban J connectivity index is 2.27. The molecule has 0 aromatic carbocycles. The van der Waals surface area contributed by atoms with Crippen LogP contribution in [0.1, 0.15) is 34.1 Å². The van der Waals surface area contributed by atoms with Crippen LogP contribution in [0.2, 0.25) is 0 Å². The summed E-state index contributed by atoms with van der Waals surface area (Å²) in [4.78, 5) is 0. The van der Waals surface area contributed by atoms with E-state index < -0.39 is 72.6 Å². The van der Waals surface area contributed by atoms with Crippen LogP contribution in [-0.4, -0.2) is 97.0 Å². The molecular formula is C19H34O9. The van der Waals surface area contributed by atoms with Crippen molar-refractivity contribution in [1.29, 1.82) is 0 Å². The molecular weight excluding hydrogens is 372 g/mol. The molecule has 10 unspecified atom stereocenters. The number of hydrogen-bond donors (Lipinski definition) is 7. The molecule has 0 radical (unpaired) electrons. The second-order valence-corrected chi connectivity index (χ2v) is 8.67. The molecule has 1 aliphatic carbocycles. The third-order valence-electron chi connectivity index (χ3n) is 6.14. The summed E-state index contributed by atoms with van der Waals surface area (Å²) < 4.78 is 11.1. The van der Waals surface area contributed by atoms with Gasteiger partial charge < -0.3 is 45.2 Å². The van der Waals surface area contributed by atoms with E-state index in [1.54, 1.807) is 27.7 Å². The van der Waals surface area contributed by atoms with E-state index >= 15 is 0 Å². The van der Waals surface area contributed by atoms with E-state index in [1.165, 1.54) is 12.2 Å². The van der Waals surface area contributed by atoms with E-state index in [0.29, 0.717) is 0 Å². The largest absolute Gasteiger partial charge is 0.394 e. The maximum absolute atomic E-state index is 11.4. The third-order valence-corrected chi connectivity index (χ3v) is 6.14. The smallest absolute Gasteiger partial charge is 0.187 e. The molecule has 164 valence electrons. The van der Waals surface area contributed by atoms with Gasteiger partial charge in [-0.3, -0.25) is 0 Å². The highest BCUT2D eigenvalue weighted by Crippen LogP contribution is 2.49. The molecule has 0 aromatic rings. The van der Waals surface area contributed by atoms with Crippen molar-refractivity contribution in [2.24, 2.45) is 11.3 Å². The van der Waals surface area contributed by atoms with Gasteiger partial charge in [0.1, 0.15) is 24.4 Å². The van der Waals surface area contributed by atoms with Crippen LogP contribution in [-0.2, 0) is 9.47 Å². The molecule has 9 nitrogen and oxygen atoms in total. The minimum Gasteiger partial charge on any atom is -0.394 e. The highest BCUT2D eigenvalue weighted by Gasteiger charge is 2.57. The van der Waals surface area contributed by atoms with Crippen molar-refractivity contribution in [3.8, 4) is 0 Å². The number of aliphatic hydroxyl groups excluding tert-OH is 6. The van der Waals surface area contributed by atoms with Crippen molar-refractivity contribution in [3.63, 3.8) is 0 Å². The second-order valence-electron chi connectivity index (χ2n) is 8.67. The van der Waals surface area contributed by atoms with Crippen molar-refractivity contribution in [1.82, 2.24) is 0 Å². The number of aliphatic hydroxyl groups is 7. The summed E-state index contributed by atoms with van der Waals surface area (Å²) in [6.07, 6.45) is -6.89. The third kappa shape index (κ3) is 4.28. The molecule has 28 heavy (non-hydrogen) atoms. The SMILES string of the molecule is CC(O)C=CC1(O)C(C)C(OC2OC(CO)C(O)C(O)C2O)C(O)CC1(C)C. The second kappa shape index (κ2) is 8.63. The van der Waals surface area contributed by atoms with E-state index in [1.807, 2.05) is 0 Å². The average molecular weight is 406 g/mol. The van der Waals surface area contributed by atoms with Gasteiger partial charge in [0.2, 0.25) is 0 Å². The molecule has 1 saturated heterocycles. The fraction of sp³-hybridized carbons (Fsp3) is 0.895. The van der Waals surface area contributed by atoms with Crippen molar-refractivity contribution >= 4 is 0 Å². The van der Waals surface area contributed by atoms with Gasteiger partial charge in [0.15, 0.2) is 6.29 Å². The Hall–Kier alpha value is -0.620. The monoisotopic (exact) mass is 406 g/mol. The first-order valence-corrected chi connectivity index (χ1v) is 9.59. The van der Waals surface area contributed by atoms with Crippen molar-refractivity contribution < 1.29 is 45.2 Å². The Kier molecular flexibility index (Phi) is 7.29. The summed E-state index contributed by atoms with van der Waals surface area (Å²) in [5, 5.41) is 70.9. The summed E-state index contributed by atoms with van der Waals surface area (Å²) in [5.74, 6) is -0.673. The molecule has 0 aromatic heterocycles. The lowest BCUT2D eigenvalue weighted by atomic mass is 9.58. The maximum Gasteiger partial charge on any atom is 0.187 e. The van der Waals surface area contributed by atoms with Crippen molar-refractivity contribution in [2.45, 2.75) is 88.7 Å². The Labute approximate surface area is 164 Å². The molecule has 7 N–H and O–H groups in total. The molecule has 2 rings (SSSR count). The molecule has 2 fully saturated rings. The minimum atomic E-state index is -1.60. The van der Waals surface area contributed by atoms with Gasteiger partial charge >= 0.3 is 0 Å². The first kappa shape index (κ1) is 23.7. The normalized spacial score (nSPS) is 48.0. The van der Waals surface area contributed by atoms with Gasteiger partial charge in [0.25, 0.3) is 0 Å². The molecule has 0 amide bonds. The van der Waals surface area contributed by atoms with Crippen LogP contribution >= 0.6 is 0 Å². The summed E-state index contributed by atoms with van der Waals surface area (Å²) in [6.45, 7) is 6.22. The maximum atomic E-state index is 11.4. The van der Waals surface area contributed by atoms with E-state index in [4.69, 9.17) is 9.47 Å². The topological polar surface area (TPSA) is 160 Å². The van der Waals surface area contributed by atoms with E-state index in [-0.39, 0.29) is 6.42 Å². The van der Waals surface area contributed by atoms with Crippen LogP contribution in [0, 0.1) is 11.3 Å². The highest BCUT2D eigenvalue weighted by molar-refractivity contribution is 5.17. The molecule has 2 aliphatic rings. The Morgan fingerprint density at radius 1 is 1.14 bits per heavy atom.